The predicted octanol–water partition coefficient (Wildman–Crippen LogP) is 2.59. The molecule has 1 amide bonds. The number of rotatable bonds is 1. The van der Waals surface area contributed by atoms with E-state index in [1.54, 1.807) is 26.8 Å². The first-order chi connectivity index (χ1) is 6.87. The maximum atomic E-state index is 11.3. The van der Waals surface area contributed by atoms with Crippen LogP contribution in [0.5, 0.6) is 0 Å². The second-order valence-corrected chi connectivity index (χ2v) is 4.71. The number of halogens is 1. The lowest BCUT2D eigenvalue weighted by atomic mass is 10.2. The summed E-state index contributed by atoms with van der Waals surface area (Å²) in [5.74, 6) is 0. The number of hydrogen-bond acceptors (Lipinski definition) is 4. The van der Waals surface area contributed by atoms with Crippen molar-refractivity contribution in [3.05, 3.63) is 16.9 Å². The zero-order valence-electron chi connectivity index (χ0n) is 8.74. The highest BCUT2D eigenvalue weighted by Gasteiger charge is 2.16. The number of anilines is 1. The standard InChI is InChI=1S/C9H12BrN3O2/c1-9(2,3)15-8(14)12-6-4-7(10)13-11-5-6/h4-5H,1-3H3,(H,12,13,14). The summed E-state index contributed by atoms with van der Waals surface area (Å²) in [6, 6.07) is 1.64. The SMILES string of the molecule is CC(C)(C)OC(=O)Nc1cnnc(Br)c1. The Bertz CT molecular complexity index is 363. The van der Waals surface area contributed by atoms with Crippen LogP contribution in [0.15, 0.2) is 16.9 Å². The first-order valence-corrected chi connectivity index (χ1v) is 5.14. The minimum absolute atomic E-state index is 0.512. The highest BCUT2D eigenvalue weighted by Crippen LogP contribution is 2.13. The van der Waals surface area contributed by atoms with Gasteiger partial charge in [-0.25, -0.2) is 4.79 Å². The van der Waals surface area contributed by atoms with Crippen LogP contribution in [0.2, 0.25) is 0 Å². The van der Waals surface area contributed by atoms with Crippen molar-refractivity contribution in [1.29, 1.82) is 0 Å². The molecule has 0 spiro atoms. The third-order valence-electron chi connectivity index (χ3n) is 1.27. The quantitative estimate of drug-likeness (QED) is 0.854. The van der Waals surface area contributed by atoms with Crippen LogP contribution in [0.1, 0.15) is 20.8 Å². The summed E-state index contributed by atoms with van der Waals surface area (Å²) in [5, 5.41) is 9.91. The Morgan fingerprint density at radius 2 is 2.20 bits per heavy atom. The van der Waals surface area contributed by atoms with E-state index in [4.69, 9.17) is 4.74 Å². The average Bonchev–Trinajstić information content (AvgIpc) is 1.99. The molecule has 1 N–H and O–H groups in total. The van der Waals surface area contributed by atoms with E-state index in [1.807, 2.05) is 0 Å². The molecule has 15 heavy (non-hydrogen) atoms. The molecule has 82 valence electrons. The molecular weight excluding hydrogens is 262 g/mol. The molecule has 0 saturated carbocycles. The van der Waals surface area contributed by atoms with E-state index in [0.717, 1.165) is 0 Å². The molecule has 0 saturated heterocycles. The predicted molar refractivity (Wildman–Crippen MR) is 59.6 cm³/mol. The number of ether oxygens (including phenoxy) is 1. The van der Waals surface area contributed by atoms with E-state index in [9.17, 15) is 4.79 Å². The third kappa shape index (κ3) is 4.73. The summed E-state index contributed by atoms with van der Waals surface area (Å²) < 4.78 is 5.62. The Kier molecular flexibility index (Phi) is 3.62. The smallest absolute Gasteiger partial charge is 0.412 e. The van der Waals surface area contributed by atoms with Gasteiger partial charge in [0.15, 0.2) is 0 Å². The van der Waals surface area contributed by atoms with E-state index < -0.39 is 11.7 Å². The van der Waals surface area contributed by atoms with E-state index in [2.05, 4.69) is 31.4 Å². The largest absolute Gasteiger partial charge is 0.444 e. The molecule has 0 bridgehead atoms. The number of carbonyl (C=O) groups is 1. The van der Waals surface area contributed by atoms with Crippen molar-refractivity contribution in [3.63, 3.8) is 0 Å². The van der Waals surface area contributed by atoms with Crippen LogP contribution in [0, 0.1) is 0 Å². The van der Waals surface area contributed by atoms with Gasteiger partial charge < -0.3 is 4.74 Å². The Morgan fingerprint density at radius 1 is 1.53 bits per heavy atom. The van der Waals surface area contributed by atoms with Crippen molar-refractivity contribution >= 4 is 27.7 Å². The first-order valence-electron chi connectivity index (χ1n) is 4.35. The number of aromatic nitrogens is 2. The minimum Gasteiger partial charge on any atom is -0.444 e. The van der Waals surface area contributed by atoms with Gasteiger partial charge in [-0.2, -0.15) is 5.10 Å². The summed E-state index contributed by atoms with van der Waals surface area (Å²) in [6.45, 7) is 5.40. The second kappa shape index (κ2) is 4.57. The van der Waals surface area contributed by atoms with Crippen LogP contribution < -0.4 is 5.32 Å². The molecular formula is C9H12BrN3O2. The monoisotopic (exact) mass is 273 g/mol. The normalized spacial score (nSPS) is 10.9. The van der Waals surface area contributed by atoms with Gasteiger partial charge in [-0.3, -0.25) is 5.32 Å². The van der Waals surface area contributed by atoms with Crippen molar-refractivity contribution < 1.29 is 9.53 Å². The lowest BCUT2D eigenvalue weighted by Gasteiger charge is -2.19. The van der Waals surface area contributed by atoms with Crippen molar-refractivity contribution in [2.24, 2.45) is 0 Å². The fraction of sp³-hybridized carbons (Fsp3) is 0.444. The molecule has 0 radical (unpaired) electrons. The molecule has 1 heterocycles. The molecule has 5 nitrogen and oxygen atoms in total. The van der Waals surface area contributed by atoms with Gasteiger partial charge in [0, 0.05) is 0 Å². The van der Waals surface area contributed by atoms with Crippen LogP contribution in [0.4, 0.5) is 10.5 Å². The van der Waals surface area contributed by atoms with Crippen LogP contribution in [0.3, 0.4) is 0 Å². The van der Waals surface area contributed by atoms with Gasteiger partial charge in [-0.15, -0.1) is 5.10 Å². The highest BCUT2D eigenvalue weighted by atomic mass is 79.9. The zero-order valence-corrected chi connectivity index (χ0v) is 10.3. The maximum Gasteiger partial charge on any atom is 0.412 e. The van der Waals surface area contributed by atoms with Gasteiger partial charge in [0.05, 0.1) is 11.9 Å². The van der Waals surface area contributed by atoms with E-state index in [0.29, 0.717) is 10.3 Å². The summed E-state index contributed by atoms with van der Waals surface area (Å²) in [7, 11) is 0. The topological polar surface area (TPSA) is 64.1 Å². The molecule has 1 rings (SSSR count). The fourth-order valence-corrected chi connectivity index (χ4v) is 1.17. The Morgan fingerprint density at radius 3 is 2.73 bits per heavy atom. The van der Waals surface area contributed by atoms with Crippen LogP contribution in [-0.2, 0) is 4.74 Å². The molecule has 1 aromatic rings. The van der Waals surface area contributed by atoms with Gasteiger partial charge in [-0.1, -0.05) is 0 Å². The lowest BCUT2D eigenvalue weighted by Crippen LogP contribution is -2.27. The molecule has 1 aromatic heterocycles. The Balaban J connectivity index is 2.59. The molecule has 0 aromatic carbocycles. The van der Waals surface area contributed by atoms with Crippen molar-refractivity contribution in [1.82, 2.24) is 10.2 Å². The average molecular weight is 274 g/mol. The number of hydrogen-bond donors (Lipinski definition) is 1. The van der Waals surface area contributed by atoms with Gasteiger partial charge >= 0.3 is 6.09 Å². The molecule has 0 aliphatic rings. The third-order valence-corrected chi connectivity index (χ3v) is 1.66. The van der Waals surface area contributed by atoms with E-state index in [-0.39, 0.29) is 0 Å². The van der Waals surface area contributed by atoms with Crippen molar-refractivity contribution in [2.75, 3.05) is 5.32 Å². The van der Waals surface area contributed by atoms with E-state index in [1.165, 1.54) is 6.20 Å². The number of nitrogens with zero attached hydrogens (tertiary/aromatic N) is 2. The van der Waals surface area contributed by atoms with Gasteiger partial charge in [0.2, 0.25) is 0 Å². The molecule has 0 unspecified atom stereocenters. The summed E-state index contributed by atoms with van der Waals surface area (Å²) in [6.07, 6.45) is 0.927. The maximum absolute atomic E-state index is 11.3. The molecule has 0 fully saturated rings. The summed E-state index contributed by atoms with van der Waals surface area (Å²) in [5.41, 5.74) is 0.0213. The van der Waals surface area contributed by atoms with Crippen LogP contribution >= 0.6 is 15.9 Å². The van der Waals surface area contributed by atoms with Crippen molar-refractivity contribution in [3.8, 4) is 0 Å². The minimum atomic E-state index is -0.512. The summed E-state index contributed by atoms with van der Waals surface area (Å²) >= 11 is 3.15. The second-order valence-electron chi connectivity index (χ2n) is 3.89. The molecule has 0 aliphatic carbocycles. The first kappa shape index (κ1) is 11.9. The summed E-state index contributed by atoms with van der Waals surface area (Å²) in [4.78, 5) is 11.3. The zero-order chi connectivity index (χ0) is 11.5. The van der Waals surface area contributed by atoms with Gasteiger partial charge in [0.25, 0.3) is 0 Å². The van der Waals surface area contributed by atoms with Gasteiger partial charge in [0.1, 0.15) is 10.2 Å². The Labute approximate surface area is 96.4 Å². The number of carbonyl (C=O) groups excluding carboxylic acids is 1. The van der Waals surface area contributed by atoms with Crippen molar-refractivity contribution in [2.45, 2.75) is 26.4 Å². The van der Waals surface area contributed by atoms with Gasteiger partial charge in [-0.05, 0) is 42.8 Å². The van der Waals surface area contributed by atoms with Crippen LogP contribution in [0.25, 0.3) is 0 Å². The Hall–Kier alpha value is -1.17. The fourth-order valence-electron chi connectivity index (χ4n) is 0.830. The number of nitrogens with one attached hydrogen (secondary N) is 1. The van der Waals surface area contributed by atoms with Crippen LogP contribution in [-0.4, -0.2) is 21.9 Å². The number of amides is 1. The van der Waals surface area contributed by atoms with E-state index >= 15 is 0 Å². The molecule has 6 heteroatoms. The molecule has 0 atom stereocenters. The highest BCUT2D eigenvalue weighted by molar-refractivity contribution is 9.10. The lowest BCUT2D eigenvalue weighted by molar-refractivity contribution is 0.0636. The molecule has 0 aliphatic heterocycles.